The number of hydrogen-bond donors (Lipinski definition) is 1. The largest absolute Gasteiger partial charge is 0.416 e. The summed E-state index contributed by atoms with van der Waals surface area (Å²) >= 11 is 0. The second kappa shape index (κ2) is 5.27. The van der Waals surface area contributed by atoms with E-state index in [9.17, 15) is 22.8 Å². The minimum Gasteiger partial charge on any atom is -0.365 e. The van der Waals surface area contributed by atoms with E-state index in [4.69, 9.17) is 5.73 Å². The van der Waals surface area contributed by atoms with Gasteiger partial charge < -0.3 is 10.3 Å². The van der Waals surface area contributed by atoms with E-state index < -0.39 is 28.7 Å². The number of carbonyl (C=O) groups excluding carboxylic acids is 1. The molecule has 0 bridgehead atoms. The lowest BCUT2D eigenvalue weighted by Gasteiger charge is -2.22. The number of carbonyl (C=O) groups is 1. The van der Waals surface area contributed by atoms with Crippen molar-refractivity contribution in [3.8, 4) is 5.69 Å². The number of amides is 1. The third kappa shape index (κ3) is 2.81. The Balaban J connectivity index is 2.36. The lowest BCUT2D eigenvalue weighted by Crippen LogP contribution is -2.31. The third-order valence-electron chi connectivity index (χ3n) is 3.88. The third-order valence-corrected chi connectivity index (χ3v) is 3.88. The van der Waals surface area contributed by atoms with Crippen LogP contribution in [-0.4, -0.2) is 21.7 Å². The molecule has 2 aromatic rings. The van der Waals surface area contributed by atoms with E-state index in [0.29, 0.717) is 5.69 Å². The molecule has 6 nitrogen and oxygen atoms in total. The van der Waals surface area contributed by atoms with Crippen molar-refractivity contribution in [2.24, 2.45) is 10.7 Å². The van der Waals surface area contributed by atoms with Crippen molar-refractivity contribution in [1.29, 1.82) is 0 Å². The fourth-order valence-electron chi connectivity index (χ4n) is 2.58. The van der Waals surface area contributed by atoms with Crippen molar-refractivity contribution in [1.82, 2.24) is 9.55 Å². The quantitative estimate of drug-likeness (QED) is 0.853. The van der Waals surface area contributed by atoms with Gasteiger partial charge in [-0.15, -0.1) is 0 Å². The molecule has 0 atom stereocenters. The van der Waals surface area contributed by atoms with E-state index in [1.165, 1.54) is 23.0 Å². The average Bonchev–Trinajstić information content (AvgIpc) is 2.61. The Kier molecular flexibility index (Phi) is 3.55. The molecule has 0 fully saturated rings. The number of nitrogens with two attached hydrogens (primary N) is 1. The normalized spacial score (nSPS) is 15.2. The number of fused-ring (bicyclic) bond motifs is 3. The monoisotopic (exact) mass is 350 g/mol. The number of aromatic nitrogens is 2. The molecule has 2 N–H and O–H groups in total. The number of benzene rings is 1. The molecular formula is C16H13F3N4O2. The van der Waals surface area contributed by atoms with Gasteiger partial charge in [-0.1, -0.05) is 0 Å². The highest BCUT2D eigenvalue weighted by molar-refractivity contribution is 5.92. The summed E-state index contributed by atoms with van der Waals surface area (Å²) in [6.45, 7) is 3.31. The number of hydrogen-bond acceptors (Lipinski definition) is 4. The molecule has 3 rings (SSSR count). The summed E-state index contributed by atoms with van der Waals surface area (Å²) in [6.07, 6.45) is -2.02. The lowest BCUT2D eigenvalue weighted by atomic mass is 10.1. The number of rotatable bonds is 1. The van der Waals surface area contributed by atoms with Crippen molar-refractivity contribution >= 4 is 12.1 Å². The van der Waals surface area contributed by atoms with Crippen LogP contribution in [0.15, 0.2) is 34.2 Å². The Labute approximate surface area is 139 Å². The molecule has 1 aliphatic heterocycles. The Morgan fingerprint density at radius 1 is 1.28 bits per heavy atom. The van der Waals surface area contributed by atoms with E-state index in [1.54, 1.807) is 13.8 Å². The number of halogens is 3. The van der Waals surface area contributed by atoms with Crippen molar-refractivity contribution in [2.45, 2.75) is 25.6 Å². The van der Waals surface area contributed by atoms with Crippen molar-refractivity contribution in [3.05, 3.63) is 57.3 Å². The van der Waals surface area contributed by atoms with Crippen LogP contribution in [0.4, 0.5) is 13.2 Å². The minimum atomic E-state index is -4.51. The SMILES string of the molecule is CC1(C)N=Cc2cc(C(F)(F)F)ccc2-n2cc(C(N)=O)c(=O)nc21. The van der Waals surface area contributed by atoms with E-state index in [2.05, 4.69) is 9.98 Å². The van der Waals surface area contributed by atoms with Crippen LogP contribution in [-0.2, 0) is 11.7 Å². The van der Waals surface area contributed by atoms with Gasteiger partial charge in [0, 0.05) is 18.0 Å². The predicted octanol–water partition coefficient (Wildman–Crippen LogP) is 2.02. The summed E-state index contributed by atoms with van der Waals surface area (Å²) < 4.78 is 40.3. The Morgan fingerprint density at radius 3 is 2.56 bits per heavy atom. The average molecular weight is 350 g/mol. The number of primary amides is 1. The van der Waals surface area contributed by atoms with Crippen molar-refractivity contribution in [3.63, 3.8) is 0 Å². The second-order valence-electron chi connectivity index (χ2n) is 6.11. The Hall–Kier alpha value is -2.97. The highest BCUT2D eigenvalue weighted by atomic mass is 19.4. The van der Waals surface area contributed by atoms with E-state index in [1.807, 2.05) is 0 Å². The van der Waals surface area contributed by atoms with Crippen LogP contribution in [0.2, 0.25) is 0 Å². The fourth-order valence-corrected chi connectivity index (χ4v) is 2.58. The van der Waals surface area contributed by atoms with Gasteiger partial charge in [-0.2, -0.15) is 18.2 Å². The van der Waals surface area contributed by atoms with Gasteiger partial charge in [0.2, 0.25) is 0 Å². The summed E-state index contributed by atoms with van der Waals surface area (Å²) in [7, 11) is 0. The molecule has 9 heteroatoms. The zero-order valence-corrected chi connectivity index (χ0v) is 13.3. The second-order valence-corrected chi connectivity index (χ2v) is 6.11. The summed E-state index contributed by atoms with van der Waals surface area (Å²) in [5.74, 6) is -0.776. The lowest BCUT2D eigenvalue weighted by molar-refractivity contribution is -0.137. The first-order chi connectivity index (χ1) is 11.5. The van der Waals surface area contributed by atoms with Gasteiger partial charge in [0.05, 0.1) is 11.3 Å². The number of nitrogens with zero attached hydrogens (tertiary/aromatic N) is 3. The van der Waals surface area contributed by atoms with Crippen LogP contribution in [0.3, 0.4) is 0 Å². The summed E-state index contributed by atoms with van der Waals surface area (Å²) in [5, 5.41) is 0. The molecule has 1 aromatic carbocycles. The summed E-state index contributed by atoms with van der Waals surface area (Å²) in [5.41, 5.74) is 2.69. The first-order valence-corrected chi connectivity index (χ1v) is 7.21. The zero-order valence-electron chi connectivity index (χ0n) is 13.3. The van der Waals surface area contributed by atoms with Gasteiger partial charge in [0.1, 0.15) is 16.9 Å². The van der Waals surface area contributed by atoms with Crippen LogP contribution in [0.25, 0.3) is 5.69 Å². The van der Waals surface area contributed by atoms with Gasteiger partial charge in [0.15, 0.2) is 0 Å². The molecule has 0 aliphatic carbocycles. The maximum atomic E-state index is 13.0. The van der Waals surface area contributed by atoms with Gasteiger partial charge >= 0.3 is 6.18 Å². The van der Waals surface area contributed by atoms with Crippen LogP contribution >= 0.6 is 0 Å². The van der Waals surface area contributed by atoms with Crippen LogP contribution < -0.4 is 11.3 Å². The summed E-state index contributed by atoms with van der Waals surface area (Å²) in [6, 6.07) is 3.11. The van der Waals surface area contributed by atoms with Gasteiger partial charge in [-0.3, -0.25) is 14.6 Å². The highest BCUT2D eigenvalue weighted by Gasteiger charge is 2.33. The molecule has 2 heterocycles. The maximum absolute atomic E-state index is 13.0. The molecular weight excluding hydrogens is 337 g/mol. The van der Waals surface area contributed by atoms with E-state index >= 15 is 0 Å². The van der Waals surface area contributed by atoms with Gasteiger partial charge in [0.25, 0.3) is 11.5 Å². The molecule has 0 saturated carbocycles. The Bertz CT molecular complexity index is 974. The molecule has 1 amide bonds. The standard InChI is InChI=1S/C16H13F3N4O2/c1-15(2)14-22-13(25)10(12(20)24)7-23(14)11-4-3-9(16(17,18)19)5-8(11)6-21-15/h3-7H,1-2H3,(H2,20,24). The molecule has 0 saturated heterocycles. The molecule has 1 aromatic heterocycles. The van der Waals surface area contributed by atoms with Crippen molar-refractivity contribution in [2.75, 3.05) is 0 Å². The molecule has 25 heavy (non-hydrogen) atoms. The molecule has 0 unspecified atom stereocenters. The van der Waals surface area contributed by atoms with Crippen LogP contribution in [0, 0.1) is 0 Å². The predicted molar refractivity (Wildman–Crippen MR) is 84.0 cm³/mol. The van der Waals surface area contributed by atoms with Gasteiger partial charge in [-0.25, -0.2) is 0 Å². The van der Waals surface area contributed by atoms with Crippen LogP contribution in [0.1, 0.15) is 41.2 Å². The fraction of sp³-hybridized carbons (Fsp3) is 0.250. The van der Waals surface area contributed by atoms with E-state index in [-0.39, 0.29) is 17.0 Å². The number of aliphatic imine (C=N–C) groups is 1. The summed E-state index contributed by atoms with van der Waals surface area (Å²) in [4.78, 5) is 31.6. The van der Waals surface area contributed by atoms with Crippen LogP contribution in [0.5, 0.6) is 0 Å². The van der Waals surface area contributed by atoms with E-state index in [0.717, 1.165) is 12.1 Å². The molecule has 0 radical (unpaired) electrons. The smallest absolute Gasteiger partial charge is 0.365 e. The number of alkyl halides is 3. The minimum absolute atomic E-state index is 0.183. The Morgan fingerprint density at radius 2 is 1.96 bits per heavy atom. The topological polar surface area (TPSA) is 90.3 Å². The zero-order chi connectivity index (χ0) is 18.6. The molecule has 1 aliphatic rings. The molecule has 130 valence electrons. The first kappa shape index (κ1) is 16.9. The first-order valence-electron chi connectivity index (χ1n) is 7.21. The van der Waals surface area contributed by atoms with Crippen molar-refractivity contribution < 1.29 is 18.0 Å². The maximum Gasteiger partial charge on any atom is 0.416 e. The van der Waals surface area contributed by atoms with Gasteiger partial charge in [-0.05, 0) is 32.0 Å². The highest BCUT2D eigenvalue weighted by Crippen LogP contribution is 2.34. The molecule has 0 spiro atoms.